The molecule has 5 nitrogen and oxygen atoms in total. The van der Waals surface area contributed by atoms with E-state index in [2.05, 4.69) is 0 Å². The molecule has 0 aromatic heterocycles. The van der Waals surface area contributed by atoms with Gasteiger partial charge in [0.15, 0.2) is 11.6 Å². The van der Waals surface area contributed by atoms with Crippen LogP contribution >= 0.6 is 0 Å². The fourth-order valence-corrected chi connectivity index (χ4v) is 4.48. The molecule has 1 heterocycles. The van der Waals surface area contributed by atoms with Crippen LogP contribution in [0.15, 0.2) is 23.1 Å². The van der Waals surface area contributed by atoms with Gasteiger partial charge in [0.2, 0.25) is 15.9 Å². The summed E-state index contributed by atoms with van der Waals surface area (Å²) in [7, 11) is -3.95. The standard InChI is InChI=1S/C16H22F2N2O3S/c1-3-19(4-2)16(21)12-6-5-9-20(11-12)24(22,23)13-7-8-14(17)15(18)10-13/h7-8,10,12H,3-6,9,11H2,1-2H3. The van der Waals surface area contributed by atoms with Crippen molar-refractivity contribution >= 4 is 15.9 Å². The first-order chi connectivity index (χ1) is 11.3. The molecule has 1 aliphatic rings. The zero-order valence-electron chi connectivity index (χ0n) is 13.8. The maximum absolute atomic E-state index is 13.4. The highest BCUT2D eigenvalue weighted by Crippen LogP contribution is 2.25. The summed E-state index contributed by atoms with van der Waals surface area (Å²) < 4.78 is 52.9. The summed E-state index contributed by atoms with van der Waals surface area (Å²) in [4.78, 5) is 13.8. The first-order valence-corrected chi connectivity index (χ1v) is 9.49. The van der Waals surface area contributed by atoms with Crippen LogP contribution in [0.3, 0.4) is 0 Å². The lowest BCUT2D eigenvalue weighted by Gasteiger charge is -2.33. The average Bonchev–Trinajstić information content (AvgIpc) is 2.58. The van der Waals surface area contributed by atoms with Crippen LogP contribution in [0.2, 0.25) is 0 Å². The molecule has 0 N–H and O–H groups in total. The number of nitrogens with zero attached hydrogens (tertiary/aromatic N) is 2. The van der Waals surface area contributed by atoms with Gasteiger partial charge in [-0.2, -0.15) is 4.31 Å². The number of hydrogen-bond donors (Lipinski definition) is 0. The van der Waals surface area contributed by atoms with E-state index in [0.717, 1.165) is 12.1 Å². The van der Waals surface area contributed by atoms with Crippen molar-refractivity contribution in [2.45, 2.75) is 31.6 Å². The number of hydrogen-bond acceptors (Lipinski definition) is 3. The predicted octanol–water partition coefficient (Wildman–Crippen LogP) is 2.23. The lowest BCUT2D eigenvalue weighted by atomic mass is 9.98. The first kappa shape index (κ1) is 18.8. The van der Waals surface area contributed by atoms with E-state index < -0.39 is 27.6 Å². The Bertz CT molecular complexity index is 705. The Morgan fingerprint density at radius 2 is 1.92 bits per heavy atom. The van der Waals surface area contributed by atoms with Crippen LogP contribution in [0, 0.1) is 17.6 Å². The van der Waals surface area contributed by atoms with Crippen molar-refractivity contribution in [3.63, 3.8) is 0 Å². The van der Waals surface area contributed by atoms with Gasteiger partial charge < -0.3 is 4.90 Å². The highest BCUT2D eigenvalue weighted by molar-refractivity contribution is 7.89. The maximum atomic E-state index is 13.4. The summed E-state index contributed by atoms with van der Waals surface area (Å²) in [5.74, 6) is -2.77. The van der Waals surface area contributed by atoms with E-state index in [1.807, 2.05) is 13.8 Å². The van der Waals surface area contributed by atoms with Crippen molar-refractivity contribution in [1.29, 1.82) is 0 Å². The number of amides is 1. The summed E-state index contributed by atoms with van der Waals surface area (Å²) in [6.45, 7) is 5.23. The highest BCUT2D eigenvalue weighted by atomic mass is 32.2. The topological polar surface area (TPSA) is 57.7 Å². The normalized spacial score (nSPS) is 19.2. The maximum Gasteiger partial charge on any atom is 0.243 e. The number of benzene rings is 1. The van der Waals surface area contributed by atoms with Crippen LogP contribution in [0.25, 0.3) is 0 Å². The van der Waals surface area contributed by atoms with Crippen LogP contribution in [0.4, 0.5) is 8.78 Å². The van der Waals surface area contributed by atoms with Gasteiger partial charge in [-0.15, -0.1) is 0 Å². The molecule has 1 fully saturated rings. The van der Waals surface area contributed by atoms with E-state index in [9.17, 15) is 22.0 Å². The molecule has 1 aliphatic heterocycles. The monoisotopic (exact) mass is 360 g/mol. The van der Waals surface area contributed by atoms with Crippen molar-refractivity contribution < 1.29 is 22.0 Å². The molecule has 1 aromatic carbocycles. The Morgan fingerprint density at radius 3 is 2.50 bits per heavy atom. The molecule has 2 rings (SSSR count). The van der Waals surface area contributed by atoms with E-state index in [1.165, 1.54) is 4.31 Å². The van der Waals surface area contributed by atoms with Gasteiger partial charge >= 0.3 is 0 Å². The van der Waals surface area contributed by atoms with E-state index in [0.29, 0.717) is 32.0 Å². The third-order valence-corrected chi connectivity index (χ3v) is 6.20. The van der Waals surface area contributed by atoms with Gasteiger partial charge in [-0.25, -0.2) is 17.2 Å². The SMILES string of the molecule is CCN(CC)C(=O)C1CCCN(S(=O)(=O)c2ccc(F)c(F)c2)C1. The van der Waals surface area contributed by atoms with Crippen molar-refractivity contribution in [2.75, 3.05) is 26.2 Å². The van der Waals surface area contributed by atoms with Crippen LogP contribution in [-0.4, -0.2) is 49.7 Å². The summed E-state index contributed by atoms with van der Waals surface area (Å²) in [6, 6.07) is 2.52. The van der Waals surface area contributed by atoms with E-state index in [4.69, 9.17) is 0 Å². The Hall–Kier alpha value is -1.54. The van der Waals surface area contributed by atoms with Crippen molar-refractivity contribution in [1.82, 2.24) is 9.21 Å². The molecule has 0 spiro atoms. The molecular weight excluding hydrogens is 338 g/mol. The first-order valence-electron chi connectivity index (χ1n) is 8.05. The van der Waals surface area contributed by atoms with Gasteiger partial charge in [0.1, 0.15) is 0 Å². The number of carbonyl (C=O) groups is 1. The van der Waals surface area contributed by atoms with Gasteiger partial charge in [-0.05, 0) is 44.9 Å². The molecule has 134 valence electrons. The third-order valence-electron chi connectivity index (χ3n) is 4.34. The van der Waals surface area contributed by atoms with Gasteiger partial charge in [-0.1, -0.05) is 0 Å². The second-order valence-corrected chi connectivity index (χ2v) is 7.73. The largest absolute Gasteiger partial charge is 0.343 e. The second kappa shape index (κ2) is 7.57. The van der Waals surface area contributed by atoms with Crippen molar-refractivity contribution in [3.8, 4) is 0 Å². The smallest absolute Gasteiger partial charge is 0.243 e. The lowest BCUT2D eigenvalue weighted by molar-refractivity contribution is -0.136. The number of sulfonamides is 1. The fourth-order valence-electron chi connectivity index (χ4n) is 2.94. The number of piperidine rings is 1. The van der Waals surface area contributed by atoms with Crippen LogP contribution in [0.5, 0.6) is 0 Å². The molecule has 1 aromatic rings. The molecule has 0 aliphatic carbocycles. The molecule has 0 radical (unpaired) electrons. The molecule has 1 amide bonds. The van der Waals surface area contributed by atoms with Crippen LogP contribution in [0.1, 0.15) is 26.7 Å². The molecular formula is C16H22F2N2O3S. The molecule has 1 saturated heterocycles. The minimum absolute atomic E-state index is 0.0646. The zero-order chi connectivity index (χ0) is 17.9. The van der Waals surface area contributed by atoms with Gasteiger partial charge in [-0.3, -0.25) is 4.79 Å². The number of carbonyl (C=O) groups excluding carboxylic acids is 1. The molecule has 0 bridgehead atoms. The zero-order valence-corrected chi connectivity index (χ0v) is 14.7. The Balaban J connectivity index is 2.21. The number of rotatable bonds is 5. The average molecular weight is 360 g/mol. The second-order valence-electron chi connectivity index (χ2n) is 5.79. The molecule has 1 unspecified atom stereocenters. The summed E-state index contributed by atoms with van der Waals surface area (Å²) in [6.07, 6.45) is 1.18. The van der Waals surface area contributed by atoms with E-state index >= 15 is 0 Å². The fraction of sp³-hybridized carbons (Fsp3) is 0.562. The minimum Gasteiger partial charge on any atom is -0.343 e. The predicted molar refractivity (Wildman–Crippen MR) is 85.8 cm³/mol. The van der Waals surface area contributed by atoms with Crippen LogP contribution < -0.4 is 0 Å². The molecule has 1 atom stereocenters. The van der Waals surface area contributed by atoms with Gasteiger partial charge in [0, 0.05) is 26.2 Å². The third kappa shape index (κ3) is 3.75. The van der Waals surface area contributed by atoms with Gasteiger partial charge in [0.25, 0.3) is 0 Å². The van der Waals surface area contributed by atoms with Crippen molar-refractivity contribution in [3.05, 3.63) is 29.8 Å². The molecule has 24 heavy (non-hydrogen) atoms. The van der Waals surface area contributed by atoms with Gasteiger partial charge in [0.05, 0.1) is 10.8 Å². The number of halogens is 2. The summed E-state index contributed by atoms with van der Waals surface area (Å²) >= 11 is 0. The summed E-state index contributed by atoms with van der Waals surface area (Å²) in [5.41, 5.74) is 0. The Labute approximate surface area is 141 Å². The lowest BCUT2D eigenvalue weighted by Crippen LogP contribution is -2.46. The Morgan fingerprint density at radius 1 is 1.25 bits per heavy atom. The van der Waals surface area contributed by atoms with Crippen molar-refractivity contribution in [2.24, 2.45) is 5.92 Å². The quantitative estimate of drug-likeness (QED) is 0.809. The summed E-state index contributed by atoms with van der Waals surface area (Å²) in [5, 5.41) is 0. The molecule has 8 heteroatoms. The molecule has 0 saturated carbocycles. The van der Waals surface area contributed by atoms with Crippen LogP contribution in [-0.2, 0) is 14.8 Å². The van der Waals surface area contributed by atoms with E-state index in [-0.39, 0.29) is 23.9 Å². The van der Waals surface area contributed by atoms with E-state index in [1.54, 1.807) is 4.90 Å². The Kier molecular flexibility index (Phi) is 5.92. The highest BCUT2D eigenvalue weighted by Gasteiger charge is 2.34. The minimum atomic E-state index is -3.95.